The summed E-state index contributed by atoms with van der Waals surface area (Å²) in [6.07, 6.45) is 5.07. The maximum absolute atomic E-state index is 12.8. The number of carbonyl (C=O) groups is 1. The molecule has 1 aliphatic rings. The van der Waals surface area contributed by atoms with Crippen LogP contribution in [0.1, 0.15) is 16.8 Å². The van der Waals surface area contributed by atoms with Crippen molar-refractivity contribution >= 4 is 5.78 Å². The van der Waals surface area contributed by atoms with E-state index in [1.807, 2.05) is 6.08 Å². The van der Waals surface area contributed by atoms with Gasteiger partial charge in [0.2, 0.25) is 0 Å². The van der Waals surface area contributed by atoms with Gasteiger partial charge in [-0.2, -0.15) is 0 Å². The Morgan fingerprint density at radius 2 is 2.11 bits per heavy atom. The largest absolute Gasteiger partial charge is 0.329 e. The summed E-state index contributed by atoms with van der Waals surface area (Å²) in [4.78, 5) is 14.1. The number of hydrogen-bond acceptors (Lipinski definition) is 3. The standard InChI is InChI=1S/C14H17FN2O/c15-12-6-4-11(5-7-12)14(18)10-17-8-2-1-3-13(17)9-16/h1,3-7,13H,2,8-10,16H2. The lowest BCUT2D eigenvalue weighted by Crippen LogP contribution is -2.44. The van der Waals surface area contributed by atoms with Crippen LogP contribution < -0.4 is 5.73 Å². The molecule has 0 radical (unpaired) electrons. The summed E-state index contributed by atoms with van der Waals surface area (Å²) in [5.74, 6) is -0.323. The highest BCUT2D eigenvalue weighted by Crippen LogP contribution is 2.11. The molecule has 18 heavy (non-hydrogen) atoms. The van der Waals surface area contributed by atoms with E-state index >= 15 is 0 Å². The smallest absolute Gasteiger partial charge is 0.176 e. The van der Waals surface area contributed by atoms with E-state index in [9.17, 15) is 9.18 Å². The van der Waals surface area contributed by atoms with Crippen molar-refractivity contribution in [3.05, 3.63) is 47.8 Å². The molecule has 2 N–H and O–H groups in total. The zero-order valence-corrected chi connectivity index (χ0v) is 10.2. The van der Waals surface area contributed by atoms with Crippen LogP contribution in [0.4, 0.5) is 4.39 Å². The zero-order chi connectivity index (χ0) is 13.0. The van der Waals surface area contributed by atoms with E-state index in [2.05, 4.69) is 11.0 Å². The lowest BCUT2D eigenvalue weighted by Gasteiger charge is -2.30. The fourth-order valence-corrected chi connectivity index (χ4v) is 2.12. The molecule has 1 heterocycles. The van der Waals surface area contributed by atoms with E-state index in [4.69, 9.17) is 5.73 Å². The molecule has 1 aromatic carbocycles. The molecule has 0 bridgehead atoms. The molecular formula is C14H17FN2O. The second-order valence-corrected chi connectivity index (χ2v) is 4.42. The number of nitrogens with zero attached hydrogens (tertiary/aromatic N) is 1. The van der Waals surface area contributed by atoms with Crippen LogP contribution in [0.25, 0.3) is 0 Å². The molecule has 4 heteroatoms. The Bertz CT molecular complexity index is 442. The van der Waals surface area contributed by atoms with Gasteiger partial charge in [-0.25, -0.2) is 4.39 Å². The molecule has 1 atom stereocenters. The van der Waals surface area contributed by atoms with Crippen molar-refractivity contribution in [1.82, 2.24) is 4.90 Å². The van der Waals surface area contributed by atoms with Crippen molar-refractivity contribution in [3.8, 4) is 0 Å². The number of halogens is 1. The second kappa shape index (κ2) is 5.89. The van der Waals surface area contributed by atoms with Gasteiger partial charge in [0.1, 0.15) is 5.82 Å². The molecule has 0 aliphatic carbocycles. The van der Waals surface area contributed by atoms with Crippen LogP contribution in [-0.2, 0) is 0 Å². The van der Waals surface area contributed by atoms with Gasteiger partial charge in [-0.3, -0.25) is 9.69 Å². The van der Waals surface area contributed by atoms with Gasteiger partial charge in [-0.05, 0) is 30.7 Å². The highest BCUT2D eigenvalue weighted by atomic mass is 19.1. The van der Waals surface area contributed by atoms with Crippen LogP contribution in [0.5, 0.6) is 0 Å². The number of ketones is 1. The Hall–Kier alpha value is -1.52. The number of carbonyl (C=O) groups excluding carboxylic acids is 1. The molecule has 0 saturated carbocycles. The topological polar surface area (TPSA) is 46.3 Å². The molecule has 0 spiro atoms. The summed E-state index contributed by atoms with van der Waals surface area (Å²) in [5, 5.41) is 0. The molecule has 1 unspecified atom stereocenters. The van der Waals surface area contributed by atoms with Crippen LogP contribution >= 0.6 is 0 Å². The Kier molecular flexibility index (Phi) is 4.23. The van der Waals surface area contributed by atoms with Gasteiger partial charge in [0.15, 0.2) is 5.78 Å². The molecular weight excluding hydrogens is 231 g/mol. The SMILES string of the molecule is NCC1C=CCCN1CC(=O)c1ccc(F)cc1. The van der Waals surface area contributed by atoms with E-state index in [0.717, 1.165) is 13.0 Å². The summed E-state index contributed by atoms with van der Waals surface area (Å²) >= 11 is 0. The summed E-state index contributed by atoms with van der Waals surface area (Å²) in [5.41, 5.74) is 6.22. The quantitative estimate of drug-likeness (QED) is 0.650. The number of benzene rings is 1. The lowest BCUT2D eigenvalue weighted by atomic mass is 10.1. The summed E-state index contributed by atoms with van der Waals surface area (Å²) in [7, 11) is 0. The average molecular weight is 248 g/mol. The van der Waals surface area contributed by atoms with Gasteiger partial charge >= 0.3 is 0 Å². The molecule has 0 amide bonds. The number of rotatable bonds is 4. The van der Waals surface area contributed by atoms with Crippen molar-refractivity contribution in [2.45, 2.75) is 12.5 Å². The first-order chi connectivity index (χ1) is 8.70. The van der Waals surface area contributed by atoms with Crippen molar-refractivity contribution < 1.29 is 9.18 Å². The first-order valence-corrected chi connectivity index (χ1v) is 6.10. The summed E-state index contributed by atoms with van der Waals surface area (Å²) in [6.45, 7) is 1.68. The van der Waals surface area contributed by atoms with Crippen LogP contribution in [0.2, 0.25) is 0 Å². The highest BCUT2D eigenvalue weighted by Gasteiger charge is 2.20. The van der Waals surface area contributed by atoms with Crippen molar-refractivity contribution in [2.24, 2.45) is 5.73 Å². The summed E-state index contributed by atoms with van der Waals surface area (Å²) < 4.78 is 12.8. The van der Waals surface area contributed by atoms with E-state index in [1.54, 1.807) is 0 Å². The lowest BCUT2D eigenvalue weighted by molar-refractivity contribution is 0.0910. The molecule has 1 aliphatic heterocycles. The first-order valence-electron chi connectivity index (χ1n) is 6.10. The van der Waals surface area contributed by atoms with Gasteiger partial charge in [-0.15, -0.1) is 0 Å². The monoisotopic (exact) mass is 248 g/mol. The Labute approximate surface area is 106 Å². The molecule has 0 saturated heterocycles. The van der Waals surface area contributed by atoms with Gasteiger partial charge in [0.05, 0.1) is 6.54 Å². The molecule has 3 nitrogen and oxygen atoms in total. The Morgan fingerprint density at radius 1 is 1.39 bits per heavy atom. The maximum atomic E-state index is 12.8. The Balaban J connectivity index is 2.02. The Morgan fingerprint density at radius 3 is 2.78 bits per heavy atom. The van der Waals surface area contributed by atoms with Gasteiger partial charge in [0.25, 0.3) is 0 Å². The predicted octanol–water partition coefficient (Wildman–Crippen LogP) is 1.60. The van der Waals surface area contributed by atoms with Crippen molar-refractivity contribution in [3.63, 3.8) is 0 Å². The van der Waals surface area contributed by atoms with E-state index < -0.39 is 0 Å². The third-order valence-electron chi connectivity index (χ3n) is 3.16. The fraction of sp³-hybridized carbons (Fsp3) is 0.357. The van der Waals surface area contributed by atoms with E-state index in [1.165, 1.54) is 24.3 Å². The van der Waals surface area contributed by atoms with Crippen LogP contribution in [0.3, 0.4) is 0 Å². The average Bonchev–Trinajstić information content (AvgIpc) is 2.40. The molecule has 2 rings (SSSR count). The number of Topliss-reactive ketones (excluding diaryl/α,β-unsaturated/α-hetero) is 1. The van der Waals surface area contributed by atoms with Crippen LogP contribution in [0, 0.1) is 5.82 Å². The predicted molar refractivity (Wildman–Crippen MR) is 68.9 cm³/mol. The van der Waals surface area contributed by atoms with Crippen LogP contribution in [0.15, 0.2) is 36.4 Å². The third kappa shape index (κ3) is 3.03. The highest BCUT2D eigenvalue weighted by molar-refractivity contribution is 5.97. The molecule has 1 aromatic rings. The van der Waals surface area contributed by atoms with E-state index in [0.29, 0.717) is 18.7 Å². The van der Waals surface area contributed by atoms with Crippen LogP contribution in [-0.4, -0.2) is 36.4 Å². The van der Waals surface area contributed by atoms with Gasteiger partial charge in [0, 0.05) is 24.7 Å². The van der Waals surface area contributed by atoms with Gasteiger partial charge < -0.3 is 5.73 Å². The minimum atomic E-state index is -0.327. The number of nitrogens with two attached hydrogens (primary N) is 1. The van der Waals surface area contributed by atoms with Crippen molar-refractivity contribution in [2.75, 3.05) is 19.6 Å². The fourth-order valence-electron chi connectivity index (χ4n) is 2.12. The number of hydrogen-bond donors (Lipinski definition) is 1. The minimum Gasteiger partial charge on any atom is -0.329 e. The van der Waals surface area contributed by atoms with E-state index in [-0.39, 0.29) is 17.6 Å². The molecule has 96 valence electrons. The zero-order valence-electron chi connectivity index (χ0n) is 10.2. The minimum absolute atomic E-state index is 0.00347. The first kappa shape index (κ1) is 12.9. The normalized spacial score (nSPS) is 20.0. The van der Waals surface area contributed by atoms with Crippen molar-refractivity contribution in [1.29, 1.82) is 0 Å². The second-order valence-electron chi connectivity index (χ2n) is 4.42. The molecule has 0 aromatic heterocycles. The summed E-state index contributed by atoms with van der Waals surface area (Å²) in [6, 6.07) is 5.79. The third-order valence-corrected chi connectivity index (χ3v) is 3.16. The maximum Gasteiger partial charge on any atom is 0.176 e. The van der Waals surface area contributed by atoms with Gasteiger partial charge in [-0.1, -0.05) is 12.2 Å². The molecule has 0 fully saturated rings.